The fourth-order valence-electron chi connectivity index (χ4n) is 2.60. The molecule has 2 rings (SSSR count). The van der Waals surface area contributed by atoms with Crippen LogP contribution in [0.5, 0.6) is 0 Å². The lowest BCUT2D eigenvalue weighted by Gasteiger charge is -2.32. The second kappa shape index (κ2) is 6.19. The molecule has 1 aromatic heterocycles. The molecule has 0 radical (unpaired) electrons. The first-order valence-electron chi connectivity index (χ1n) is 7.11. The average molecular weight is 264 g/mol. The summed E-state index contributed by atoms with van der Waals surface area (Å²) in [6.07, 6.45) is 3.93. The third-order valence-electron chi connectivity index (χ3n) is 3.83. The Balaban J connectivity index is 1.96. The standard InChI is InChI=1S/C14H24N4O/c1-4-12-9-17(7-6-14(12)16-19)10-13-5-8-18(15-13)11(2)3/h5,8,11-12,19H,4,6-7,9-10H2,1-3H3/b16-14+. The van der Waals surface area contributed by atoms with Crippen molar-refractivity contribution >= 4 is 5.71 Å². The van der Waals surface area contributed by atoms with Crippen LogP contribution in [-0.4, -0.2) is 38.7 Å². The minimum absolute atomic E-state index is 0.380. The van der Waals surface area contributed by atoms with Crippen molar-refractivity contribution < 1.29 is 5.21 Å². The van der Waals surface area contributed by atoms with Crippen LogP contribution in [0.1, 0.15) is 45.3 Å². The van der Waals surface area contributed by atoms with Crippen molar-refractivity contribution in [2.45, 2.75) is 46.2 Å². The Hall–Kier alpha value is -1.36. The van der Waals surface area contributed by atoms with Crippen molar-refractivity contribution in [3.05, 3.63) is 18.0 Å². The number of piperidine rings is 1. The van der Waals surface area contributed by atoms with Gasteiger partial charge in [-0.3, -0.25) is 9.58 Å². The number of oxime groups is 1. The average Bonchev–Trinajstić information content (AvgIpc) is 2.87. The first-order valence-corrected chi connectivity index (χ1v) is 7.11. The Morgan fingerprint density at radius 2 is 2.32 bits per heavy atom. The van der Waals surface area contributed by atoms with Crippen molar-refractivity contribution in [3.8, 4) is 0 Å². The van der Waals surface area contributed by atoms with Crippen LogP contribution in [0.15, 0.2) is 17.4 Å². The Labute approximate surface area is 114 Å². The molecule has 19 heavy (non-hydrogen) atoms. The second-order valence-electron chi connectivity index (χ2n) is 5.56. The molecule has 1 N–H and O–H groups in total. The van der Waals surface area contributed by atoms with Crippen LogP contribution in [0.25, 0.3) is 0 Å². The molecule has 1 atom stereocenters. The molecule has 5 nitrogen and oxygen atoms in total. The summed E-state index contributed by atoms with van der Waals surface area (Å²) in [7, 11) is 0. The lowest BCUT2D eigenvalue weighted by atomic mass is 9.93. The summed E-state index contributed by atoms with van der Waals surface area (Å²) in [5, 5.41) is 17.0. The van der Waals surface area contributed by atoms with Crippen LogP contribution >= 0.6 is 0 Å². The summed E-state index contributed by atoms with van der Waals surface area (Å²) < 4.78 is 2.00. The molecule has 0 spiro atoms. The van der Waals surface area contributed by atoms with E-state index in [4.69, 9.17) is 5.21 Å². The molecule has 0 aromatic carbocycles. The zero-order valence-corrected chi connectivity index (χ0v) is 12.1. The molecule has 1 aromatic rings. The summed E-state index contributed by atoms with van der Waals surface area (Å²) in [4.78, 5) is 2.40. The highest BCUT2D eigenvalue weighted by molar-refractivity contribution is 5.87. The minimum Gasteiger partial charge on any atom is -0.411 e. The van der Waals surface area contributed by atoms with E-state index in [1.54, 1.807) is 0 Å². The maximum Gasteiger partial charge on any atom is 0.0764 e. The van der Waals surface area contributed by atoms with Crippen molar-refractivity contribution in [2.24, 2.45) is 11.1 Å². The zero-order valence-electron chi connectivity index (χ0n) is 12.1. The van der Waals surface area contributed by atoms with E-state index in [1.807, 2.05) is 10.9 Å². The van der Waals surface area contributed by atoms with Gasteiger partial charge in [-0.15, -0.1) is 0 Å². The van der Waals surface area contributed by atoms with Gasteiger partial charge in [0.1, 0.15) is 0 Å². The Morgan fingerprint density at radius 1 is 1.53 bits per heavy atom. The molecule has 0 saturated carbocycles. The number of hydrogen-bond donors (Lipinski definition) is 1. The van der Waals surface area contributed by atoms with E-state index < -0.39 is 0 Å². The maximum atomic E-state index is 8.99. The summed E-state index contributed by atoms with van der Waals surface area (Å²) in [5.41, 5.74) is 2.07. The van der Waals surface area contributed by atoms with Crippen LogP contribution in [0.2, 0.25) is 0 Å². The van der Waals surface area contributed by atoms with Gasteiger partial charge in [0, 0.05) is 44.2 Å². The van der Waals surface area contributed by atoms with E-state index >= 15 is 0 Å². The smallest absolute Gasteiger partial charge is 0.0764 e. The molecule has 5 heteroatoms. The Bertz CT molecular complexity index is 438. The number of likely N-dealkylation sites (tertiary alicyclic amines) is 1. The van der Waals surface area contributed by atoms with Crippen LogP contribution in [0, 0.1) is 5.92 Å². The van der Waals surface area contributed by atoms with Crippen LogP contribution in [0.4, 0.5) is 0 Å². The van der Waals surface area contributed by atoms with E-state index in [9.17, 15) is 0 Å². The molecular formula is C14H24N4O. The molecule has 1 aliphatic heterocycles. The summed E-state index contributed by atoms with van der Waals surface area (Å²) in [6.45, 7) is 9.21. The molecule has 1 unspecified atom stereocenters. The normalized spacial score (nSPS) is 23.4. The largest absolute Gasteiger partial charge is 0.411 e. The summed E-state index contributed by atoms with van der Waals surface area (Å²) >= 11 is 0. The van der Waals surface area contributed by atoms with E-state index in [1.165, 1.54) is 0 Å². The van der Waals surface area contributed by atoms with Gasteiger partial charge < -0.3 is 5.21 Å². The Morgan fingerprint density at radius 3 is 2.89 bits per heavy atom. The molecule has 106 valence electrons. The summed E-state index contributed by atoms with van der Waals surface area (Å²) in [6, 6.07) is 2.50. The quantitative estimate of drug-likeness (QED) is 0.671. The molecule has 0 amide bonds. The molecule has 2 heterocycles. The predicted octanol–water partition coefficient (Wildman–Crippen LogP) is 2.53. The van der Waals surface area contributed by atoms with Gasteiger partial charge in [-0.2, -0.15) is 5.10 Å². The number of hydrogen-bond acceptors (Lipinski definition) is 4. The molecule has 1 fully saturated rings. The van der Waals surface area contributed by atoms with Crippen molar-refractivity contribution in [3.63, 3.8) is 0 Å². The first kappa shape index (κ1) is 14.1. The van der Waals surface area contributed by atoms with Gasteiger partial charge in [0.2, 0.25) is 0 Å². The van der Waals surface area contributed by atoms with Gasteiger partial charge in [-0.05, 0) is 26.3 Å². The van der Waals surface area contributed by atoms with Crippen LogP contribution in [0.3, 0.4) is 0 Å². The van der Waals surface area contributed by atoms with Crippen molar-refractivity contribution in [1.82, 2.24) is 14.7 Å². The van der Waals surface area contributed by atoms with E-state index in [2.05, 4.69) is 42.0 Å². The third-order valence-corrected chi connectivity index (χ3v) is 3.83. The van der Waals surface area contributed by atoms with Crippen LogP contribution in [-0.2, 0) is 6.54 Å². The van der Waals surface area contributed by atoms with Gasteiger partial charge in [0.25, 0.3) is 0 Å². The van der Waals surface area contributed by atoms with Gasteiger partial charge in [0.05, 0.1) is 11.4 Å². The molecule has 1 saturated heterocycles. The highest BCUT2D eigenvalue weighted by Crippen LogP contribution is 2.19. The number of aromatic nitrogens is 2. The summed E-state index contributed by atoms with van der Waals surface area (Å²) in [5.74, 6) is 0.380. The lowest BCUT2D eigenvalue weighted by Crippen LogP contribution is -2.40. The minimum atomic E-state index is 0.380. The van der Waals surface area contributed by atoms with E-state index in [-0.39, 0.29) is 0 Å². The Kier molecular flexibility index (Phi) is 4.58. The third kappa shape index (κ3) is 3.35. The SMILES string of the molecule is CCC1CN(Cc2ccn(C(C)C)n2)CC/C1=N\O. The number of rotatable bonds is 4. The monoisotopic (exact) mass is 264 g/mol. The fraction of sp³-hybridized carbons (Fsp3) is 0.714. The maximum absolute atomic E-state index is 8.99. The molecular weight excluding hydrogens is 240 g/mol. The molecule has 1 aliphatic rings. The van der Waals surface area contributed by atoms with Crippen LogP contribution < -0.4 is 0 Å². The van der Waals surface area contributed by atoms with Crippen molar-refractivity contribution in [1.29, 1.82) is 0 Å². The fourth-order valence-corrected chi connectivity index (χ4v) is 2.60. The first-order chi connectivity index (χ1) is 9.13. The second-order valence-corrected chi connectivity index (χ2v) is 5.56. The van der Waals surface area contributed by atoms with Gasteiger partial charge in [-0.25, -0.2) is 0 Å². The van der Waals surface area contributed by atoms with E-state index in [0.717, 1.165) is 43.9 Å². The lowest BCUT2D eigenvalue weighted by molar-refractivity contribution is 0.217. The highest BCUT2D eigenvalue weighted by atomic mass is 16.4. The van der Waals surface area contributed by atoms with Gasteiger partial charge in [0.15, 0.2) is 0 Å². The topological polar surface area (TPSA) is 53.7 Å². The molecule has 0 aliphatic carbocycles. The van der Waals surface area contributed by atoms with Crippen molar-refractivity contribution in [2.75, 3.05) is 13.1 Å². The van der Waals surface area contributed by atoms with Gasteiger partial charge in [-0.1, -0.05) is 12.1 Å². The predicted molar refractivity (Wildman–Crippen MR) is 75.5 cm³/mol. The van der Waals surface area contributed by atoms with E-state index in [0.29, 0.717) is 12.0 Å². The highest BCUT2D eigenvalue weighted by Gasteiger charge is 2.25. The van der Waals surface area contributed by atoms with Gasteiger partial charge >= 0.3 is 0 Å². The molecule has 0 bridgehead atoms. The zero-order chi connectivity index (χ0) is 13.8. The number of nitrogens with zero attached hydrogens (tertiary/aromatic N) is 4.